The fourth-order valence-corrected chi connectivity index (χ4v) is 6.63. The summed E-state index contributed by atoms with van der Waals surface area (Å²) in [6.45, 7) is 4.05. The van der Waals surface area contributed by atoms with E-state index >= 15 is 0 Å². The van der Waals surface area contributed by atoms with E-state index in [1.807, 2.05) is 0 Å². The number of allylic oxidation sites excluding steroid dienone is 6. The average molecular weight is 749 g/mol. The molecule has 0 aromatic carbocycles. The Morgan fingerprint density at radius 3 is 1.76 bits per heavy atom. The highest BCUT2D eigenvalue weighted by molar-refractivity contribution is 7.47. The Bertz CT molecular complexity index is 989. The van der Waals surface area contributed by atoms with Gasteiger partial charge in [0.15, 0.2) is 0 Å². The predicted molar refractivity (Wildman–Crippen MR) is 198 cm³/mol. The number of hydrogen-bond donors (Lipinski definition) is 6. The van der Waals surface area contributed by atoms with E-state index in [0.29, 0.717) is 13.0 Å². The molecule has 1 aliphatic rings. The Kier molecular flexibility index (Phi) is 27.9. The number of hydrogen-bond acceptors (Lipinski definition) is 11. The van der Waals surface area contributed by atoms with Crippen molar-refractivity contribution in [2.75, 3.05) is 19.8 Å². The number of carbonyl (C=O) groups is 1. The summed E-state index contributed by atoms with van der Waals surface area (Å²) >= 11 is 0. The van der Waals surface area contributed by atoms with Crippen molar-refractivity contribution in [2.24, 2.45) is 0 Å². The van der Waals surface area contributed by atoms with Crippen molar-refractivity contribution in [1.29, 1.82) is 0 Å². The molecule has 0 saturated heterocycles. The molecule has 0 aliphatic heterocycles. The second-order valence-corrected chi connectivity index (χ2v) is 14.8. The highest BCUT2D eigenvalue weighted by atomic mass is 31.2. The number of carbonyl (C=O) groups excluding carboxylic acids is 1. The molecule has 1 fully saturated rings. The van der Waals surface area contributed by atoms with Gasteiger partial charge in [-0.05, 0) is 44.9 Å². The molecular weight excluding hydrogens is 679 g/mol. The second-order valence-electron chi connectivity index (χ2n) is 13.4. The van der Waals surface area contributed by atoms with Crippen LogP contribution in [0.5, 0.6) is 0 Å². The lowest BCUT2D eigenvalue weighted by Crippen LogP contribution is -2.64. The molecule has 0 spiro atoms. The zero-order valence-corrected chi connectivity index (χ0v) is 32.0. The van der Waals surface area contributed by atoms with E-state index in [2.05, 4.69) is 50.3 Å². The number of ether oxygens (including phenoxy) is 2. The Morgan fingerprint density at radius 1 is 0.647 bits per heavy atom. The van der Waals surface area contributed by atoms with E-state index in [9.17, 15) is 39.8 Å². The van der Waals surface area contributed by atoms with Gasteiger partial charge in [0, 0.05) is 13.0 Å². The summed E-state index contributed by atoms with van der Waals surface area (Å²) < 4.78 is 33.9. The maximum Gasteiger partial charge on any atom is 0.472 e. The first-order valence-electron chi connectivity index (χ1n) is 19.3. The normalized spacial score (nSPS) is 24.5. The van der Waals surface area contributed by atoms with Crippen molar-refractivity contribution in [3.63, 3.8) is 0 Å². The summed E-state index contributed by atoms with van der Waals surface area (Å²) in [5.41, 5.74) is 0. The molecule has 6 atom stereocenters. The van der Waals surface area contributed by atoms with Gasteiger partial charge in [0.1, 0.15) is 42.7 Å². The lowest BCUT2D eigenvalue weighted by Gasteiger charge is -2.41. The molecule has 0 aromatic heterocycles. The van der Waals surface area contributed by atoms with E-state index in [1.165, 1.54) is 25.7 Å². The zero-order valence-electron chi connectivity index (χ0n) is 31.1. The third-order valence-electron chi connectivity index (χ3n) is 8.78. The van der Waals surface area contributed by atoms with Gasteiger partial charge < -0.3 is 39.9 Å². The molecule has 298 valence electrons. The summed E-state index contributed by atoms with van der Waals surface area (Å²) in [5, 5.41) is 49.9. The van der Waals surface area contributed by atoms with Crippen molar-refractivity contribution >= 4 is 13.8 Å². The van der Waals surface area contributed by atoms with Crippen molar-refractivity contribution < 1.29 is 58.3 Å². The molecule has 1 aliphatic carbocycles. The first-order valence-corrected chi connectivity index (χ1v) is 20.8. The number of aliphatic hydroxyl groups is 5. The summed E-state index contributed by atoms with van der Waals surface area (Å²) in [6, 6.07) is 0. The zero-order chi connectivity index (χ0) is 37.7. The first-order chi connectivity index (χ1) is 24.5. The predicted octanol–water partition coefficient (Wildman–Crippen LogP) is 6.36. The smallest absolute Gasteiger partial charge is 0.457 e. The van der Waals surface area contributed by atoms with Crippen LogP contribution in [0.2, 0.25) is 0 Å². The standard InChI is InChI=1S/C38H69O12P/c1-3-5-7-9-11-13-14-15-16-17-18-19-20-22-24-26-28-47-29-31(49-32(39)27-25-23-21-12-10-8-6-4-2)30-48-51(45,46)50-38-36(43)34(41)33(40)35(42)37(38)44/h5,7,11,13,15-16,31,33-38,40-44H,3-4,6,8-10,12,14,17-30H2,1-2H3,(H,45,46)/b7-5-,13-11-,16-15-. The minimum absolute atomic E-state index is 0.0849. The van der Waals surface area contributed by atoms with Crippen molar-refractivity contribution in [1.82, 2.24) is 0 Å². The monoisotopic (exact) mass is 748 g/mol. The molecular formula is C38H69O12P. The largest absolute Gasteiger partial charge is 0.472 e. The molecule has 1 rings (SSSR count). The third-order valence-corrected chi connectivity index (χ3v) is 9.76. The molecule has 0 amide bonds. The fourth-order valence-electron chi connectivity index (χ4n) is 5.66. The summed E-state index contributed by atoms with van der Waals surface area (Å²) in [6.07, 6.45) is 19.6. The van der Waals surface area contributed by atoms with Crippen LogP contribution in [0.3, 0.4) is 0 Å². The second kappa shape index (κ2) is 29.9. The van der Waals surface area contributed by atoms with Crippen molar-refractivity contribution in [3.05, 3.63) is 36.5 Å². The van der Waals surface area contributed by atoms with Gasteiger partial charge in [0.2, 0.25) is 0 Å². The van der Waals surface area contributed by atoms with Gasteiger partial charge in [-0.3, -0.25) is 13.8 Å². The third kappa shape index (κ3) is 23.1. The molecule has 0 radical (unpaired) electrons. The van der Waals surface area contributed by atoms with Crippen LogP contribution in [-0.4, -0.2) is 98.9 Å². The molecule has 1 saturated carbocycles. The number of unbranched alkanes of at least 4 members (excludes halogenated alkanes) is 13. The van der Waals surface area contributed by atoms with Crippen LogP contribution >= 0.6 is 7.82 Å². The maximum absolute atomic E-state index is 12.7. The van der Waals surface area contributed by atoms with Gasteiger partial charge in [0.25, 0.3) is 0 Å². The van der Waals surface area contributed by atoms with Gasteiger partial charge >= 0.3 is 13.8 Å². The minimum atomic E-state index is -5.01. The van der Waals surface area contributed by atoms with E-state index < -0.39 is 63.1 Å². The van der Waals surface area contributed by atoms with Crippen LogP contribution < -0.4 is 0 Å². The Labute approximate surface area is 306 Å². The van der Waals surface area contributed by atoms with Crippen LogP contribution in [0.4, 0.5) is 0 Å². The van der Waals surface area contributed by atoms with Crippen LogP contribution in [0.25, 0.3) is 0 Å². The fraction of sp³-hybridized carbons (Fsp3) is 0.816. The molecule has 51 heavy (non-hydrogen) atoms. The Morgan fingerprint density at radius 2 is 1.16 bits per heavy atom. The highest BCUT2D eigenvalue weighted by Crippen LogP contribution is 2.47. The number of rotatable bonds is 31. The van der Waals surface area contributed by atoms with E-state index in [4.69, 9.17) is 18.5 Å². The SMILES string of the molecule is CC/C=C\C/C=C\C/C=C\CCCCCCCCOCC(COP(=O)(O)OC1C(O)C(O)C(O)C(O)C1O)OC(=O)CCCCCCCCCC. The molecule has 0 aromatic rings. The average Bonchev–Trinajstić information content (AvgIpc) is 3.11. The van der Waals surface area contributed by atoms with Crippen LogP contribution in [-0.2, 0) is 27.9 Å². The van der Waals surface area contributed by atoms with Gasteiger partial charge in [-0.15, -0.1) is 0 Å². The number of phosphoric acid groups is 1. The summed E-state index contributed by atoms with van der Waals surface area (Å²) in [5.74, 6) is -0.489. The molecule has 0 heterocycles. The quantitative estimate of drug-likeness (QED) is 0.0199. The van der Waals surface area contributed by atoms with Gasteiger partial charge in [-0.2, -0.15) is 0 Å². The molecule has 6 unspecified atom stereocenters. The topological polar surface area (TPSA) is 192 Å². The maximum atomic E-state index is 12.7. The Balaban J connectivity index is 2.45. The highest BCUT2D eigenvalue weighted by Gasteiger charge is 2.51. The van der Waals surface area contributed by atoms with Crippen molar-refractivity contribution in [2.45, 2.75) is 179 Å². The van der Waals surface area contributed by atoms with Gasteiger partial charge in [-0.25, -0.2) is 4.57 Å². The van der Waals surface area contributed by atoms with Gasteiger partial charge in [-0.1, -0.05) is 121 Å². The van der Waals surface area contributed by atoms with Crippen LogP contribution in [0.15, 0.2) is 36.5 Å². The summed E-state index contributed by atoms with van der Waals surface area (Å²) in [7, 11) is -5.01. The van der Waals surface area contributed by atoms with Crippen LogP contribution in [0.1, 0.15) is 136 Å². The lowest BCUT2D eigenvalue weighted by molar-refractivity contribution is -0.220. The van der Waals surface area contributed by atoms with Gasteiger partial charge in [0.05, 0.1) is 13.2 Å². The number of phosphoric ester groups is 1. The van der Waals surface area contributed by atoms with Crippen molar-refractivity contribution in [3.8, 4) is 0 Å². The van der Waals surface area contributed by atoms with E-state index in [0.717, 1.165) is 83.5 Å². The Hall–Kier alpha value is -1.44. The van der Waals surface area contributed by atoms with E-state index in [1.54, 1.807) is 0 Å². The molecule has 12 nitrogen and oxygen atoms in total. The first kappa shape index (κ1) is 47.6. The molecule has 13 heteroatoms. The minimum Gasteiger partial charge on any atom is -0.457 e. The molecule has 0 bridgehead atoms. The van der Waals surface area contributed by atoms with E-state index in [-0.39, 0.29) is 13.0 Å². The number of aliphatic hydroxyl groups excluding tert-OH is 5. The molecule has 6 N–H and O–H groups in total. The number of esters is 1. The lowest BCUT2D eigenvalue weighted by atomic mass is 9.85. The van der Waals surface area contributed by atoms with Crippen LogP contribution in [0, 0.1) is 0 Å². The summed E-state index contributed by atoms with van der Waals surface area (Å²) in [4.78, 5) is 22.9.